The Morgan fingerprint density at radius 2 is 1.81 bits per heavy atom. The molecule has 0 aliphatic rings. The number of nitrogens with one attached hydrogen (secondary N) is 1. The SMILES string of the molecule is COc1ccc(C(=O)Nc2c(C)cc(Br)cc2C)cc1Cl. The van der Waals surface area contributed by atoms with Gasteiger partial charge in [0.05, 0.1) is 12.1 Å². The van der Waals surface area contributed by atoms with Gasteiger partial charge in [0.2, 0.25) is 0 Å². The molecule has 0 aliphatic carbocycles. The third kappa shape index (κ3) is 3.57. The molecule has 0 aromatic heterocycles. The van der Waals surface area contributed by atoms with Crippen molar-refractivity contribution < 1.29 is 9.53 Å². The Labute approximate surface area is 137 Å². The van der Waals surface area contributed by atoms with Crippen molar-refractivity contribution in [1.82, 2.24) is 0 Å². The van der Waals surface area contributed by atoms with Crippen LogP contribution in [0, 0.1) is 13.8 Å². The molecule has 0 atom stereocenters. The highest BCUT2D eigenvalue weighted by Crippen LogP contribution is 2.28. The van der Waals surface area contributed by atoms with Crippen molar-refractivity contribution in [3.05, 3.63) is 56.5 Å². The van der Waals surface area contributed by atoms with Gasteiger partial charge in [-0.05, 0) is 55.3 Å². The molecule has 0 unspecified atom stereocenters. The highest BCUT2D eigenvalue weighted by molar-refractivity contribution is 9.10. The molecule has 1 N–H and O–H groups in total. The van der Waals surface area contributed by atoms with Crippen LogP contribution < -0.4 is 10.1 Å². The second-order valence-corrected chi connectivity index (χ2v) is 6.04. The summed E-state index contributed by atoms with van der Waals surface area (Å²) in [6.45, 7) is 3.91. The number of hydrogen-bond acceptors (Lipinski definition) is 2. The summed E-state index contributed by atoms with van der Waals surface area (Å²) in [7, 11) is 1.54. The molecule has 0 heterocycles. The quantitative estimate of drug-likeness (QED) is 0.829. The number of anilines is 1. The molecular weight excluding hydrogens is 354 g/mol. The summed E-state index contributed by atoms with van der Waals surface area (Å²) in [6.07, 6.45) is 0. The van der Waals surface area contributed by atoms with E-state index in [1.807, 2.05) is 26.0 Å². The summed E-state index contributed by atoms with van der Waals surface area (Å²) in [5, 5.41) is 3.34. The zero-order valence-corrected chi connectivity index (χ0v) is 14.3. The van der Waals surface area contributed by atoms with Crippen LogP contribution in [0.15, 0.2) is 34.8 Å². The van der Waals surface area contributed by atoms with Gasteiger partial charge in [-0.25, -0.2) is 0 Å². The van der Waals surface area contributed by atoms with Crippen LogP contribution in [0.2, 0.25) is 5.02 Å². The van der Waals surface area contributed by atoms with E-state index in [9.17, 15) is 4.79 Å². The summed E-state index contributed by atoms with van der Waals surface area (Å²) in [4.78, 5) is 12.3. The maximum absolute atomic E-state index is 12.3. The van der Waals surface area contributed by atoms with Crippen LogP contribution in [0.5, 0.6) is 5.75 Å². The van der Waals surface area contributed by atoms with Crippen LogP contribution in [0.4, 0.5) is 5.69 Å². The van der Waals surface area contributed by atoms with Gasteiger partial charge in [0.25, 0.3) is 5.91 Å². The van der Waals surface area contributed by atoms with E-state index in [1.165, 1.54) is 7.11 Å². The van der Waals surface area contributed by atoms with Crippen LogP contribution in [0.25, 0.3) is 0 Å². The van der Waals surface area contributed by atoms with Crippen molar-refractivity contribution in [1.29, 1.82) is 0 Å². The number of aryl methyl sites for hydroxylation is 2. The van der Waals surface area contributed by atoms with Crippen molar-refractivity contribution >= 4 is 39.1 Å². The van der Waals surface area contributed by atoms with E-state index in [1.54, 1.807) is 18.2 Å². The second kappa shape index (κ2) is 6.50. The molecule has 0 aliphatic heterocycles. The number of halogens is 2. The number of carbonyl (C=O) groups excluding carboxylic acids is 1. The van der Waals surface area contributed by atoms with Crippen molar-refractivity contribution in [2.45, 2.75) is 13.8 Å². The van der Waals surface area contributed by atoms with Crippen LogP contribution in [0.3, 0.4) is 0 Å². The predicted octanol–water partition coefficient (Wildman–Crippen LogP) is 4.98. The molecule has 0 spiro atoms. The first-order chi connectivity index (χ1) is 9.92. The van der Waals surface area contributed by atoms with Gasteiger partial charge < -0.3 is 10.1 Å². The molecule has 0 radical (unpaired) electrons. The van der Waals surface area contributed by atoms with Crippen LogP contribution >= 0.6 is 27.5 Å². The first kappa shape index (κ1) is 15.9. The summed E-state index contributed by atoms with van der Waals surface area (Å²) < 4.78 is 6.07. The minimum absolute atomic E-state index is 0.201. The average Bonchev–Trinajstić information content (AvgIpc) is 2.42. The van der Waals surface area contributed by atoms with E-state index < -0.39 is 0 Å². The predicted molar refractivity (Wildman–Crippen MR) is 89.6 cm³/mol. The van der Waals surface area contributed by atoms with E-state index in [-0.39, 0.29) is 5.91 Å². The molecule has 5 heteroatoms. The van der Waals surface area contributed by atoms with Crippen LogP contribution in [-0.2, 0) is 0 Å². The summed E-state index contributed by atoms with van der Waals surface area (Å²) >= 11 is 9.49. The Kier molecular flexibility index (Phi) is 4.91. The molecule has 0 saturated heterocycles. The third-order valence-corrected chi connectivity index (χ3v) is 3.90. The average molecular weight is 369 g/mol. The number of methoxy groups -OCH3 is 1. The minimum Gasteiger partial charge on any atom is -0.495 e. The van der Waals surface area contributed by atoms with Gasteiger partial charge in [-0.15, -0.1) is 0 Å². The fourth-order valence-electron chi connectivity index (χ4n) is 2.10. The lowest BCUT2D eigenvalue weighted by Gasteiger charge is -2.13. The smallest absolute Gasteiger partial charge is 0.255 e. The summed E-state index contributed by atoms with van der Waals surface area (Å²) in [6, 6.07) is 8.88. The van der Waals surface area contributed by atoms with Crippen LogP contribution in [-0.4, -0.2) is 13.0 Å². The molecule has 1 amide bonds. The van der Waals surface area contributed by atoms with E-state index >= 15 is 0 Å². The fourth-order valence-corrected chi connectivity index (χ4v) is 3.05. The first-order valence-corrected chi connectivity index (χ1v) is 7.51. The molecule has 0 saturated carbocycles. The van der Waals surface area contributed by atoms with E-state index in [2.05, 4.69) is 21.2 Å². The number of hydrogen-bond donors (Lipinski definition) is 1. The van der Waals surface area contributed by atoms with Crippen molar-refractivity contribution in [2.75, 3.05) is 12.4 Å². The Morgan fingerprint density at radius 3 is 2.33 bits per heavy atom. The lowest BCUT2D eigenvalue weighted by Crippen LogP contribution is -2.14. The number of rotatable bonds is 3. The van der Waals surface area contributed by atoms with Crippen molar-refractivity contribution in [3.8, 4) is 5.75 Å². The molecule has 21 heavy (non-hydrogen) atoms. The highest BCUT2D eigenvalue weighted by Gasteiger charge is 2.12. The fraction of sp³-hybridized carbons (Fsp3) is 0.188. The van der Waals surface area contributed by atoms with Gasteiger partial charge in [0.1, 0.15) is 5.75 Å². The van der Waals surface area contributed by atoms with Crippen molar-refractivity contribution in [3.63, 3.8) is 0 Å². The van der Waals surface area contributed by atoms with Crippen LogP contribution in [0.1, 0.15) is 21.5 Å². The Hall–Kier alpha value is -1.52. The van der Waals surface area contributed by atoms with E-state index in [0.717, 1.165) is 21.3 Å². The molecule has 2 aromatic carbocycles. The number of ether oxygens (including phenoxy) is 1. The molecule has 110 valence electrons. The van der Waals surface area contributed by atoms with Gasteiger partial charge in [-0.3, -0.25) is 4.79 Å². The molecular formula is C16H15BrClNO2. The summed E-state index contributed by atoms with van der Waals surface area (Å²) in [5.41, 5.74) is 3.29. The number of amides is 1. The largest absolute Gasteiger partial charge is 0.495 e. The zero-order chi connectivity index (χ0) is 15.6. The lowest BCUT2D eigenvalue weighted by atomic mass is 10.1. The van der Waals surface area contributed by atoms with Gasteiger partial charge in [0, 0.05) is 15.7 Å². The highest BCUT2D eigenvalue weighted by atomic mass is 79.9. The van der Waals surface area contributed by atoms with Gasteiger partial charge >= 0.3 is 0 Å². The Bertz CT molecular complexity index is 678. The normalized spacial score (nSPS) is 10.3. The van der Waals surface area contributed by atoms with Crippen molar-refractivity contribution in [2.24, 2.45) is 0 Å². The summed E-state index contributed by atoms with van der Waals surface area (Å²) in [5.74, 6) is 0.345. The molecule has 0 fully saturated rings. The number of carbonyl (C=O) groups is 1. The Morgan fingerprint density at radius 1 is 1.19 bits per heavy atom. The maximum Gasteiger partial charge on any atom is 0.255 e. The zero-order valence-electron chi connectivity index (χ0n) is 12.0. The topological polar surface area (TPSA) is 38.3 Å². The monoisotopic (exact) mass is 367 g/mol. The lowest BCUT2D eigenvalue weighted by molar-refractivity contribution is 0.102. The van der Waals surface area contributed by atoms with E-state index in [4.69, 9.17) is 16.3 Å². The van der Waals surface area contributed by atoms with Gasteiger partial charge in [0.15, 0.2) is 0 Å². The van der Waals surface area contributed by atoms with Gasteiger partial charge in [-0.2, -0.15) is 0 Å². The Balaban J connectivity index is 2.28. The molecule has 0 bridgehead atoms. The maximum atomic E-state index is 12.3. The number of benzene rings is 2. The molecule has 2 rings (SSSR count). The van der Waals surface area contributed by atoms with E-state index in [0.29, 0.717) is 16.3 Å². The first-order valence-electron chi connectivity index (χ1n) is 6.34. The third-order valence-electron chi connectivity index (χ3n) is 3.15. The standard InChI is InChI=1S/C16H15BrClNO2/c1-9-6-12(17)7-10(2)15(9)19-16(20)11-4-5-14(21-3)13(18)8-11/h4-8H,1-3H3,(H,19,20). The minimum atomic E-state index is -0.201. The van der Waals surface area contributed by atoms with Gasteiger partial charge in [-0.1, -0.05) is 27.5 Å². The second-order valence-electron chi connectivity index (χ2n) is 4.72. The molecule has 2 aromatic rings. The molecule has 3 nitrogen and oxygen atoms in total.